The maximum absolute atomic E-state index is 12.2. The predicted octanol–water partition coefficient (Wildman–Crippen LogP) is 5.31. The lowest BCUT2D eigenvalue weighted by Crippen LogP contribution is -2.17. The molecule has 0 N–H and O–H groups in total. The first-order valence-corrected chi connectivity index (χ1v) is 10.6. The van der Waals surface area contributed by atoms with Crippen LogP contribution < -0.4 is 9.47 Å². The van der Waals surface area contributed by atoms with Crippen LogP contribution in [0.1, 0.15) is 51.0 Å². The van der Waals surface area contributed by atoms with Gasteiger partial charge in [0.2, 0.25) is 0 Å². The third kappa shape index (κ3) is 4.03. The largest absolute Gasteiger partial charge is 0.491 e. The summed E-state index contributed by atoms with van der Waals surface area (Å²) in [5.74, 6) is 1.32. The van der Waals surface area contributed by atoms with Gasteiger partial charge in [0.05, 0.1) is 27.4 Å². The van der Waals surface area contributed by atoms with Crippen LogP contribution in [0.15, 0.2) is 48.5 Å². The van der Waals surface area contributed by atoms with E-state index in [4.69, 9.17) is 14.7 Å². The Kier molecular flexibility index (Phi) is 5.73. The molecule has 2 aromatic carbocycles. The molecule has 0 spiro atoms. The van der Waals surface area contributed by atoms with Crippen LogP contribution in [0.4, 0.5) is 0 Å². The minimum atomic E-state index is -0.399. The number of hydrogen-bond donors (Lipinski definition) is 0. The van der Waals surface area contributed by atoms with E-state index in [2.05, 4.69) is 33.6 Å². The second-order valence-corrected chi connectivity index (χ2v) is 8.27. The molecule has 0 saturated carbocycles. The Morgan fingerprint density at radius 1 is 1.10 bits per heavy atom. The minimum Gasteiger partial charge on any atom is -0.491 e. The number of benzene rings is 2. The lowest BCUT2D eigenvalue weighted by Gasteiger charge is -2.24. The molecule has 6 heteroatoms. The smallest absolute Gasteiger partial charge is 0.170 e. The summed E-state index contributed by atoms with van der Waals surface area (Å²) >= 11 is 2.17. The first-order valence-electron chi connectivity index (χ1n) is 9.56. The van der Waals surface area contributed by atoms with Crippen molar-refractivity contribution >= 4 is 28.4 Å². The van der Waals surface area contributed by atoms with E-state index in [-0.39, 0.29) is 5.78 Å². The number of nitriles is 1. The van der Waals surface area contributed by atoms with Gasteiger partial charge in [-0.1, -0.05) is 12.1 Å². The summed E-state index contributed by atoms with van der Waals surface area (Å²) in [5.41, 5.74) is 4.89. The Hall–Kier alpha value is -2.92. The summed E-state index contributed by atoms with van der Waals surface area (Å²) in [5, 5.41) is 9.13. The van der Waals surface area contributed by atoms with Gasteiger partial charge in [-0.2, -0.15) is 5.26 Å². The number of Topliss-reactive ketones (excluding diaryl/α,β-unsaturated/α-hetero) is 1. The van der Waals surface area contributed by atoms with Crippen LogP contribution in [0.3, 0.4) is 0 Å². The fraction of sp³-hybridized carbons (Fsp3) is 0.208. The average molecular weight is 510 g/mol. The fourth-order valence-electron chi connectivity index (χ4n) is 3.58. The molecule has 0 amide bonds. The van der Waals surface area contributed by atoms with Crippen molar-refractivity contribution in [2.24, 2.45) is 0 Å². The molecular formula is C24H19IN2O3. The van der Waals surface area contributed by atoms with E-state index in [9.17, 15) is 4.79 Å². The maximum atomic E-state index is 12.2. The number of rotatable bonds is 4. The van der Waals surface area contributed by atoms with E-state index in [0.29, 0.717) is 35.7 Å². The summed E-state index contributed by atoms with van der Waals surface area (Å²) in [6.45, 7) is 4.29. The van der Waals surface area contributed by atoms with E-state index in [1.807, 2.05) is 44.2 Å². The van der Waals surface area contributed by atoms with Crippen LogP contribution >= 0.6 is 22.6 Å². The summed E-state index contributed by atoms with van der Waals surface area (Å²) in [6, 6.07) is 17.1. The highest BCUT2D eigenvalue weighted by molar-refractivity contribution is 14.1. The van der Waals surface area contributed by atoms with Gasteiger partial charge >= 0.3 is 0 Å². The molecule has 4 rings (SSSR count). The molecule has 1 aliphatic heterocycles. The quantitative estimate of drug-likeness (QED) is 0.445. The van der Waals surface area contributed by atoms with E-state index >= 15 is 0 Å². The number of carbonyl (C=O) groups is 1. The lowest BCUT2D eigenvalue weighted by molar-refractivity contribution is 0.0932. The van der Waals surface area contributed by atoms with Gasteiger partial charge < -0.3 is 9.47 Å². The number of hydrogen-bond acceptors (Lipinski definition) is 5. The molecule has 0 radical (unpaired) electrons. The van der Waals surface area contributed by atoms with Crippen molar-refractivity contribution in [2.45, 2.75) is 26.4 Å². The molecule has 0 saturated heterocycles. The minimum absolute atomic E-state index is 0.0877. The van der Waals surface area contributed by atoms with Gasteiger partial charge in [0, 0.05) is 23.4 Å². The van der Waals surface area contributed by atoms with E-state index in [1.165, 1.54) is 0 Å². The van der Waals surface area contributed by atoms with Gasteiger partial charge in [-0.25, -0.2) is 0 Å². The van der Waals surface area contributed by atoms with Gasteiger partial charge in [-0.3, -0.25) is 9.78 Å². The molecule has 2 heterocycles. The molecular weight excluding hydrogens is 491 g/mol. The molecule has 150 valence electrons. The molecule has 0 fully saturated rings. The Morgan fingerprint density at radius 2 is 1.80 bits per heavy atom. The van der Waals surface area contributed by atoms with Crippen LogP contribution in [0, 0.1) is 28.7 Å². The Bertz CT molecular complexity index is 1150. The molecule has 30 heavy (non-hydrogen) atoms. The van der Waals surface area contributed by atoms with Gasteiger partial charge in [0.1, 0.15) is 17.6 Å². The number of ketones is 1. The number of carbonyl (C=O) groups excluding carboxylic acids is 1. The number of halogens is 1. The summed E-state index contributed by atoms with van der Waals surface area (Å²) < 4.78 is 13.0. The summed E-state index contributed by atoms with van der Waals surface area (Å²) in [6.07, 6.45) is -0.00352. The van der Waals surface area contributed by atoms with Crippen molar-refractivity contribution in [1.29, 1.82) is 5.26 Å². The standard InChI is InChI=1S/C24H19IN2O3/c1-14-11-18(12-15(2)27-14)23(17-5-3-16(13-26)4-6-17)30-21-8-7-19-20(28)9-10-29-24(19)22(21)25/h3-8,11-12,23H,9-10H2,1-2H3/t23-/m1/s1. The number of aromatic nitrogens is 1. The molecule has 1 atom stereocenters. The number of aryl methyl sites for hydroxylation is 2. The van der Waals surface area contributed by atoms with Gasteiger partial charge in [-0.15, -0.1) is 0 Å². The molecule has 0 unspecified atom stereocenters. The van der Waals surface area contributed by atoms with Crippen LogP contribution in [-0.2, 0) is 0 Å². The number of nitrogens with zero attached hydrogens (tertiary/aromatic N) is 2. The first-order chi connectivity index (χ1) is 14.5. The fourth-order valence-corrected chi connectivity index (χ4v) is 4.33. The van der Waals surface area contributed by atoms with Gasteiger partial charge in [0.15, 0.2) is 5.78 Å². The SMILES string of the molecule is Cc1cc([C@H](Oc2ccc3c(c2I)OCCC3=O)c2ccc(C#N)cc2)cc(C)n1. The van der Waals surface area contributed by atoms with Crippen molar-refractivity contribution in [3.63, 3.8) is 0 Å². The molecule has 3 aromatic rings. The molecule has 0 bridgehead atoms. The third-order valence-corrected chi connectivity index (χ3v) is 5.95. The lowest BCUT2D eigenvalue weighted by atomic mass is 9.99. The number of pyridine rings is 1. The zero-order valence-electron chi connectivity index (χ0n) is 16.6. The summed E-state index contributed by atoms with van der Waals surface area (Å²) in [7, 11) is 0. The summed E-state index contributed by atoms with van der Waals surface area (Å²) in [4.78, 5) is 16.7. The Labute approximate surface area is 188 Å². The van der Waals surface area contributed by atoms with Crippen molar-refractivity contribution in [3.05, 3.63) is 85.7 Å². The number of fused-ring (bicyclic) bond motifs is 1. The first kappa shape index (κ1) is 20.4. The topological polar surface area (TPSA) is 72.2 Å². The Balaban J connectivity index is 1.78. The van der Waals surface area contributed by atoms with E-state index in [0.717, 1.165) is 26.1 Å². The zero-order chi connectivity index (χ0) is 21.3. The van der Waals surface area contributed by atoms with Crippen LogP contribution in [0.25, 0.3) is 0 Å². The van der Waals surface area contributed by atoms with Crippen LogP contribution in [0.5, 0.6) is 11.5 Å². The van der Waals surface area contributed by atoms with E-state index in [1.54, 1.807) is 18.2 Å². The molecule has 1 aromatic heterocycles. The van der Waals surface area contributed by atoms with Crippen LogP contribution in [0.2, 0.25) is 0 Å². The van der Waals surface area contributed by atoms with E-state index < -0.39 is 6.10 Å². The number of ether oxygens (including phenoxy) is 2. The second kappa shape index (κ2) is 8.44. The molecule has 5 nitrogen and oxygen atoms in total. The average Bonchev–Trinajstić information content (AvgIpc) is 2.73. The van der Waals surface area contributed by atoms with Crippen molar-refractivity contribution in [3.8, 4) is 17.6 Å². The van der Waals surface area contributed by atoms with Gasteiger partial charge in [-0.05, 0) is 78.4 Å². The highest BCUT2D eigenvalue weighted by Gasteiger charge is 2.25. The van der Waals surface area contributed by atoms with Crippen LogP contribution in [-0.4, -0.2) is 17.4 Å². The van der Waals surface area contributed by atoms with Crippen molar-refractivity contribution in [2.75, 3.05) is 6.61 Å². The predicted molar refractivity (Wildman–Crippen MR) is 121 cm³/mol. The third-order valence-electron chi connectivity index (χ3n) is 4.93. The normalized spacial score (nSPS) is 13.7. The maximum Gasteiger partial charge on any atom is 0.170 e. The second-order valence-electron chi connectivity index (χ2n) is 7.19. The zero-order valence-corrected chi connectivity index (χ0v) is 18.8. The molecule has 0 aliphatic carbocycles. The highest BCUT2D eigenvalue weighted by atomic mass is 127. The van der Waals surface area contributed by atoms with Gasteiger partial charge in [0.25, 0.3) is 0 Å². The van der Waals surface area contributed by atoms with Crippen molar-refractivity contribution < 1.29 is 14.3 Å². The monoisotopic (exact) mass is 510 g/mol. The molecule has 1 aliphatic rings. The van der Waals surface area contributed by atoms with Crippen molar-refractivity contribution in [1.82, 2.24) is 4.98 Å². The Morgan fingerprint density at radius 3 is 2.47 bits per heavy atom. The highest BCUT2D eigenvalue weighted by Crippen LogP contribution is 2.39.